The van der Waals surface area contributed by atoms with Crippen molar-refractivity contribution >= 4 is 29.3 Å². The van der Waals surface area contributed by atoms with Crippen LogP contribution in [0.1, 0.15) is 22.9 Å². The molecule has 0 aliphatic carbocycles. The molecular formula is C20H22N2O3S. The van der Waals surface area contributed by atoms with E-state index < -0.39 is 0 Å². The number of hydrogen-bond donors (Lipinski definition) is 1. The van der Waals surface area contributed by atoms with Gasteiger partial charge in [-0.15, -0.1) is 11.8 Å². The van der Waals surface area contributed by atoms with E-state index in [0.29, 0.717) is 12.3 Å². The van der Waals surface area contributed by atoms with Crippen molar-refractivity contribution in [3.05, 3.63) is 59.7 Å². The van der Waals surface area contributed by atoms with Crippen LogP contribution in [0.2, 0.25) is 0 Å². The molecule has 5 nitrogen and oxygen atoms in total. The molecule has 0 unspecified atom stereocenters. The molecule has 1 aliphatic rings. The molecule has 1 fully saturated rings. The SMILES string of the molecule is COc1ccccc1[C@H]1SCC(=O)N1CCC(=O)Nc1ccc(C)cc1. The number of ether oxygens (including phenoxy) is 1. The third kappa shape index (κ3) is 4.19. The van der Waals surface area contributed by atoms with Gasteiger partial charge in [-0.3, -0.25) is 9.59 Å². The zero-order valence-corrected chi connectivity index (χ0v) is 15.7. The first-order valence-electron chi connectivity index (χ1n) is 8.49. The molecule has 0 bridgehead atoms. The molecule has 0 radical (unpaired) electrons. The zero-order chi connectivity index (χ0) is 18.5. The second-order valence-corrected chi connectivity index (χ2v) is 7.23. The summed E-state index contributed by atoms with van der Waals surface area (Å²) < 4.78 is 5.42. The van der Waals surface area contributed by atoms with Gasteiger partial charge in [0, 0.05) is 24.2 Å². The van der Waals surface area contributed by atoms with Crippen LogP contribution in [0.25, 0.3) is 0 Å². The van der Waals surface area contributed by atoms with Crippen molar-refractivity contribution in [2.75, 3.05) is 24.7 Å². The van der Waals surface area contributed by atoms with Crippen LogP contribution >= 0.6 is 11.8 Å². The Labute approximate surface area is 157 Å². The van der Waals surface area contributed by atoms with Crippen LogP contribution in [-0.2, 0) is 9.59 Å². The van der Waals surface area contributed by atoms with E-state index in [2.05, 4.69) is 5.32 Å². The van der Waals surface area contributed by atoms with Crippen LogP contribution < -0.4 is 10.1 Å². The number of methoxy groups -OCH3 is 1. The molecule has 1 saturated heterocycles. The van der Waals surface area contributed by atoms with E-state index in [1.165, 1.54) is 0 Å². The Hall–Kier alpha value is -2.47. The second-order valence-electron chi connectivity index (χ2n) is 6.16. The van der Waals surface area contributed by atoms with Crippen molar-refractivity contribution in [2.45, 2.75) is 18.7 Å². The van der Waals surface area contributed by atoms with Gasteiger partial charge in [0.25, 0.3) is 0 Å². The Morgan fingerprint density at radius 1 is 1.23 bits per heavy atom. The quantitative estimate of drug-likeness (QED) is 0.844. The molecule has 0 spiro atoms. The van der Waals surface area contributed by atoms with Gasteiger partial charge >= 0.3 is 0 Å². The summed E-state index contributed by atoms with van der Waals surface area (Å²) in [4.78, 5) is 26.3. The van der Waals surface area contributed by atoms with Gasteiger partial charge in [0.05, 0.1) is 12.9 Å². The van der Waals surface area contributed by atoms with Gasteiger partial charge in [0.15, 0.2) is 0 Å². The first-order chi connectivity index (χ1) is 12.6. The van der Waals surface area contributed by atoms with E-state index in [1.807, 2.05) is 55.5 Å². The molecule has 136 valence electrons. The monoisotopic (exact) mass is 370 g/mol. The van der Waals surface area contributed by atoms with E-state index in [9.17, 15) is 9.59 Å². The number of nitrogens with zero attached hydrogens (tertiary/aromatic N) is 1. The Balaban J connectivity index is 1.64. The molecule has 1 heterocycles. The van der Waals surface area contributed by atoms with Gasteiger partial charge in [0.1, 0.15) is 11.1 Å². The molecule has 1 N–H and O–H groups in total. The normalized spacial score (nSPS) is 16.6. The number of thioether (sulfide) groups is 1. The average molecular weight is 370 g/mol. The highest BCUT2D eigenvalue weighted by Gasteiger charge is 2.34. The largest absolute Gasteiger partial charge is 0.496 e. The van der Waals surface area contributed by atoms with E-state index >= 15 is 0 Å². The van der Waals surface area contributed by atoms with Gasteiger partial charge < -0.3 is 15.0 Å². The molecule has 1 atom stereocenters. The van der Waals surface area contributed by atoms with Crippen molar-refractivity contribution < 1.29 is 14.3 Å². The van der Waals surface area contributed by atoms with Crippen LogP contribution in [0.3, 0.4) is 0 Å². The summed E-state index contributed by atoms with van der Waals surface area (Å²) in [6, 6.07) is 15.4. The molecule has 2 amide bonds. The fourth-order valence-electron chi connectivity index (χ4n) is 2.91. The summed E-state index contributed by atoms with van der Waals surface area (Å²) in [5, 5.41) is 2.76. The summed E-state index contributed by atoms with van der Waals surface area (Å²) in [5.74, 6) is 1.13. The van der Waals surface area contributed by atoms with Gasteiger partial charge in [0.2, 0.25) is 11.8 Å². The maximum atomic E-state index is 12.3. The van der Waals surface area contributed by atoms with E-state index in [0.717, 1.165) is 22.6 Å². The van der Waals surface area contributed by atoms with Crippen molar-refractivity contribution in [1.29, 1.82) is 0 Å². The summed E-state index contributed by atoms with van der Waals surface area (Å²) >= 11 is 1.56. The lowest BCUT2D eigenvalue weighted by Gasteiger charge is -2.25. The van der Waals surface area contributed by atoms with Crippen LogP contribution in [0, 0.1) is 6.92 Å². The molecule has 2 aromatic carbocycles. The third-order valence-electron chi connectivity index (χ3n) is 4.29. The number of rotatable bonds is 6. The molecule has 1 aliphatic heterocycles. The first kappa shape index (κ1) is 18.3. The Morgan fingerprint density at radius 2 is 1.96 bits per heavy atom. The number of para-hydroxylation sites is 1. The van der Waals surface area contributed by atoms with Gasteiger partial charge in [-0.25, -0.2) is 0 Å². The average Bonchev–Trinajstić information content (AvgIpc) is 3.02. The van der Waals surface area contributed by atoms with E-state index in [-0.39, 0.29) is 23.6 Å². The standard InChI is InChI=1S/C20H22N2O3S/c1-14-7-9-15(10-8-14)21-18(23)11-12-22-19(24)13-26-20(22)16-5-3-4-6-17(16)25-2/h3-10,20H,11-13H2,1-2H3,(H,21,23)/t20-/m1/s1. The van der Waals surface area contributed by atoms with Crippen molar-refractivity contribution in [2.24, 2.45) is 0 Å². The fourth-order valence-corrected chi connectivity index (χ4v) is 4.15. The lowest BCUT2D eigenvalue weighted by molar-refractivity contribution is -0.128. The number of carbonyl (C=O) groups excluding carboxylic acids is 2. The lowest BCUT2D eigenvalue weighted by Crippen LogP contribution is -2.31. The smallest absolute Gasteiger partial charge is 0.233 e. The number of aryl methyl sites for hydroxylation is 1. The zero-order valence-electron chi connectivity index (χ0n) is 14.9. The topological polar surface area (TPSA) is 58.6 Å². The highest BCUT2D eigenvalue weighted by molar-refractivity contribution is 8.00. The summed E-state index contributed by atoms with van der Waals surface area (Å²) in [5.41, 5.74) is 2.87. The number of carbonyl (C=O) groups is 2. The maximum absolute atomic E-state index is 12.3. The van der Waals surface area contributed by atoms with Crippen LogP contribution in [0.5, 0.6) is 5.75 Å². The van der Waals surface area contributed by atoms with Crippen LogP contribution in [0.4, 0.5) is 5.69 Å². The highest BCUT2D eigenvalue weighted by atomic mass is 32.2. The maximum Gasteiger partial charge on any atom is 0.233 e. The number of amides is 2. The summed E-state index contributed by atoms with van der Waals surface area (Å²) in [6.07, 6.45) is 0.256. The van der Waals surface area contributed by atoms with Crippen LogP contribution in [-0.4, -0.2) is 36.1 Å². The Bertz CT molecular complexity index is 792. The van der Waals surface area contributed by atoms with Crippen molar-refractivity contribution in [1.82, 2.24) is 4.90 Å². The molecule has 2 aromatic rings. The van der Waals surface area contributed by atoms with Gasteiger partial charge in [-0.1, -0.05) is 35.9 Å². The molecule has 6 heteroatoms. The molecule has 26 heavy (non-hydrogen) atoms. The predicted molar refractivity (Wildman–Crippen MR) is 104 cm³/mol. The molecule has 3 rings (SSSR count). The Kier molecular flexibility index (Phi) is 5.83. The minimum atomic E-state index is -0.120. The summed E-state index contributed by atoms with van der Waals surface area (Å²) in [7, 11) is 1.62. The minimum Gasteiger partial charge on any atom is -0.496 e. The number of anilines is 1. The minimum absolute atomic E-state index is 0.0500. The van der Waals surface area contributed by atoms with E-state index in [1.54, 1.807) is 23.8 Å². The molecular weight excluding hydrogens is 348 g/mol. The first-order valence-corrected chi connectivity index (χ1v) is 9.54. The van der Waals surface area contributed by atoms with E-state index in [4.69, 9.17) is 4.74 Å². The Morgan fingerprint density at radius 3 is 2.69 bits per heavy atom. The van der Waals surface area contributed by atoms with Crippen molar-refractivity contribution in [3.63, 3.8) is 0 Å². The predicted octanol–water partition coefficient (Wildman–Crippen LogP) is 3.61. The molecule has 0 saturated carbocycles. The highest BCUT2D eigenvalue weighted by Crippen LogP contribution is 2.42. The third-order valence-corrected chi connectivity index (χ3v) is 5.53. The fraction of sp³-hybridized carbons (Fsp3) is 0.300. The lowest BCUT2D eigenvalue weighted by atomic mass is 10.1. The molecule has 0 aromatic heterocycles. The van der Waals surface area contributed by atoms with Gasteiger partial charge in [-0.05, 0) is 25.1 Å². The van der Waals surface area contributed by atoms with Gasteiger partial charge in [-0.2, -0.15) is 0 Å². The number of hydrogen-bond acceptors (Lipinski definition) is 4. The van der Waals surface area contributed by atoms with Crippen molar-refractivity contribution in [3.8, 4) is 5.75 Å². The summed E-state index contributed by atoms with van der Waals surface area (Å²) in [6.45, 7) is 2.38. The van der Waals surface area contributed by atoms with Crippen LogP contribution in [0.15, 0.2) is 48.5 Å². The number of nitrogens with one attached hydrogen (secondary N) is 1. The second kappa shape index (κ2) is 8.27. The number of benzene rings is 2.